The molecule has 0 saturated heterocycles. The van der Waals surface area contributed by atoms with Gasteiger partial charge in [0.1, 0.15) is 11.8 Å². The normalized spacial score (nSPS) is 12.0. The van der Waals surface area contributed by atoms with Gasteiger partial charge in [0.15, 0.2) is 0 Å². The monoisotopic (exact) mass is 239 g/mol. The molecule has 17 heavy (non-hydrogen) atoms. The van der Waals surface area contributed by atoms with E-state index < -0.39 is 24.4 Å². The van der Waals surface area contributed by atoms with E-state index >= 15 is 0 Å². The van der Waals surface area contributed by atoms with E-state index in [1.165, 1.54) is 12.1 Å². The van der Waals surface area contributed by atoms with E-state index in [0.717, 1.165) is 5.56 Å². The number of aromatic hydroxyl groups is 1. The fourth-order valence-electron chi connectivity index (χ4n) is 1.28. The van der Waals surface area contributed by atoms with Crippen molar-refractivity contribution in [1.29, 1.82) is 0 Å². The molecule has 92 valence electrons. The lowest BCUT2D eigenvalue weighted by Crippen LogP contribution is -2.38. The fraction of sp³-hybridized carbons (Fsp3) is 0.273. The molecule has 0 radical (unpaired) electrons. The molecule has 1 unspecified atom stereocenters. The van der Waals surface area contributed by atoms with Gasteiger partial charge < -0.3 is 15.3 Å². The minimum Gasteiger partial charge on any atom is -0.508 e. The SMILES string of the molecule is O=C(O)CC(NCc1ccc(O)cc1)C(=O)O. The number of carboxylic acid groups (broad SMARTS) is 2. The Hall–Kier alpha value is -2.08. The van der Waals surface area contributed by atoms with Crippen LogP contribution in [-0.2, 0) is 16.1 Å². The summed E-state index contributed by atoms with van der Waals surface area (Å²) in [5.74, 6) is -2.25. The van der Waals surface area contributed by atoms with Crippen LogP contribution in [0, 0.1) is 0 Å². The zero-order valence-electron chi connectivity index (χ0n) is 8.96. The molecule has 0 aliphatic rings. The second-order valence-corrected chi connectivity index (χ2v) is 3.54. The van der Waals surface area contributed by atoms with Gasteiger partial charge >= 0.3 is 11.9 Å². The van der Waals surface area contributed by atoms with Crippen molar-refractivity contribution in [3.8, 4) is 5.75 Å². The predicted octanol–water partition coefficient (Wildman–Crippen LogP) is 0.410. The number of carbonyl (C=O) groups is 2. The van der Waals surface area contributed by atoms with Gasteiger partial charge in [-0.15, -0.1) is 0 Å². The van der Waals surface area contributed by atoms with Crippen LogP contribution in [0.3, 0.4) is 0 Å². The number of nitrogens with one attached hydrogen (secondary N) is 1. The van der Waals surface area contributed by atoms with Crippen LogP contribution < -0.4 is 5.32 Å². The zero-order chi connectivity index (χ0) is 12.8. The molecule has 6 heteroatoms. The molecule has 0 aromatic heterocycles. The molecule has 0 spiro atoms. The second kappa shape index (κ2) is 5.86. The van der Waals surface area contributed by atoms with E-state index in [2.05, 4.69) is 5.32 Å². The Morgan fingerprint density at radius 3 is 2.24 bits per heavy atom. The summed E-state index contributed by atoms with van der Waals surface area (Å²) in [7, 11) is 0. The van der Waals surface area contributed by atoms with Gasteiger partial charge in [0.2, 0.25) is 0 Å². The highest BCUT2D eigenvalue weighted by molar-refractivity contribution is 5.80. The van der Waals surface area contributed by atoms with Gasteiger partial charge in [0.25, 0.3) is 0 Å². The Kier molecular flexibility index (Phi) is 4.47. The number of rotatable bonds is 6. The third-order valence-electron chi connectivity index (χ3n) is 2.17. The smallest absolute Gasteiger partial charge is 0.321 e. The van der Waals surface area contributed by atoms with E-state index in [-0.39, 0.29) is 12.3 Å². The van der Waals surface area contributed by atoms with Crippen LogP contribution in [0.1, 0.15) is 12.0 Å². The first kappa shape index (κ1) is 13.0. The van der Waals surface area contributed by atoms with Crippen molar-refractivity contribution in [2.45, 2.75) is 19.0 Å². The molecule has 6 nitrogen and oxygen atoms in total. The molecule has 0 bridgehead atoms. The van der Waals surface area contributed by atoms with Gasteiger partial charge in [-0.1, -0.05) is 12.1 Å². The number of phenolic OH excluding ortho intramolecular Hbond substituents is 1. The molecule has 0 saturated carbocycles. The van der Waals surface area contributed by atoms with Crippen LogP contribution in [-0.4, -0.2) is 33.3 Å². The van der Waals surface area contributed by atoms with E-state index in [1.807, 2.05) is 0 Å². The summed E-state index contributed by atoms with van der Waals surface area (Å²) in [4.78, 5) is 21.2. The molecule has 0 aliphatic carbocycles. The molecular weight excluding hydrogens is 226 g/mol. The third kappa shape index (κ3) is 4.52. The topological polar surface area (TPSA) is 107 Å². The Morgan fingerprint density at radius 2 is 1.76 bits per heavy atom. The summed E-state index contributed by atoms with van der Waals surface area (Å²) < 4.78 is 0. The van der Waals surface area contributed by atoms with Gasteiger partial charge in [0.05, 0.1) is 6.42 Å². The predicted molar refractivity (Wildman–Crippen MR) is 58.6 cm³/mol. The van der Waals surface area contributed by atoms with Gasteiger partial charge in [0, 0.05) is 6.54 Å². The molecule has 1 aromatic carbocycles. The number of phenols is 1. The van der Waals surface area contributed by atoms with Crippen molar-refractivity contribution in [3.05, 3.63) is 29.8 Å². The van der Waals surface area contributed by atoms with Crippen molar-refractivity contribution in [2.24, 2.45) is 0 Å². The van der Waals surface area contributed by atoms with Crippen molar-refractivity contribution in [1.82, 2.24) is 5.32 Å². The lowest BCUT2D eigenvalue weighted by Gasteiger charge is -2.12. The Morgan fingerprint density at radius 1 is 1.18 bits per heavy atom. The standard InChI is InChI=1S/C11H13NO5/c13-8-3-1-7(2-4-8)6-12-9(11(16)17)5-10(14)15/h1-4,9,12-13H,5-6H2,(H,14,15)(H,16,17). The fourth-order valence-corrected chi connectivity index (χ4v) is 1.28. The summed E-state index contributed by atoms with van der Waals surface area (Å²) in [6.45, 7) is 0.227. The summed E-state index contributed by atoms with van der Waals surface area (Å²) in [5, 5.41) is 29.0. The number of hydrogen-bond donors (Lipinski definition) is 4. The number of carboxylic acids is 2. The average Bonchev–Trinajstić information content (AvgIpc) is 2.25. The highest BCUT2D eigenvalue weighted by atomic mass is 16.4. The maximum absolute atomic E-state index is 10.7. The Balaban J connectivity index is 2.54. The van der Waals surface area contributed by atoms with E-state index in [1.54, 1.807) is 12.1 Å². The summed E-state index contributed by atoms with van der Waals surface area (Å²) in [5.41, 5.74) is 0.763. The van der Waals surface area contributed by atoms with Crippen LogP contribution in [0.2, 0.25) is 0 Å². The average molecular weight is 239 g/mol. The summed E-state index contributed by atoms with van der Waals surface area (Å²) in [6, 6.07) is 5.08. The molecular formula is C11H13NO5. The first-order chi connectivity index (χ1) is 7.99. The third-order valence-corrected chi connectivity index (χ3v) is 2.17. The van der Waals surface area contributed by atoms with Gasteiger partial charge in [-0.05, 0) is 17.7 Å². The van der Waals surface area contributed by atoms with Crippen LogP contribution in [0.15, 0.2) is 24.3 Å². The molecule has 4 N–H and O–H groups in total. The van der Waals surface area contributed by atoms with Crippen LogP contribution >= 0.6 is 0 Å². The summed E-state index contributed by atoms with van der Waals surface area (Å²) in [6.07, 6.45) is -0.479. The Labute approximate surface area is 97.5 Å². The van der Waals surface area contributed by atoms with Gasteiger partial charge in [-0.25, -0.2) is 0 Å². The molecule has 0 fully saturated rings. The minimum atomic E-state index is -1.20. The molecule has 1 atom stereocenters. The first-order valence-electron chi connectivity index (χ1n) is 4.95. The molecule has 1 aromatic rings. The lowest BCUT2D eigenvalue weighted by molar-refractivity contribution is -0.146. The van der Waals surface area contributed by atoms with E-state index in [9.17, 15) is 9.59 Å². The highest BCUT2D eigenvalue weighted by Gasteiger charge is 2.19. The quantitative estimate of drug-likeness (QED) is 0.572. The second-order valence-electron chi connectivity index (χ2n) is 3.54. The van der Waals surface area contributed by atoms with Crippen LogP contribution in [0.5, 0.6) is 5.75 Å². The zero-order valence-corrected chi connectivity index (χ0v) is 8.96. The molecule has 0 aliphatic heterocycles. The van der Waals surface area contributed by atoms with Crippen molar-refractivity contribution in [2.75, 3.05) is 0 Å². The highest BCUT2D eigenvalue weighted by Crippen LogP contribution is 2.09. The van der Waals surface area contributed by atoms with E-state index in [0.29, 0.717) is 0 Å². The maximum atomic E-state index is 10.7. The van der Waals surface area contributed by atoms with Crippen LogP contribution in [0.25, 0.3) is 0 Å². The van der Waals surface area contributed by atoms with Gasteiger partial charge in [-0.2, -0.15) is 0 Å². The van der Waals surface area contributed by atoms with Crippen molar-refractivity contribution >= 4 is 11.9 Å². The lowest BCUT2D eigenvalue weighted by atomic mass is 10.1. The number of benzene rings is 1. The first-order valence-corrected chi connectivity index (χ1v) is 4.95. The molecule has 0 heterocycles. The Bertz CT molecular complexity index is 401. The van der Waals surface area contributed by atoms with Crippen molar-refractivity contribution < 1.29 is 24.9 Å². The maximum Gasteiger partial charge on any atom is 0.321 e. The van der Waals surface area contributed by atoms with Crippen molar-refractivity contribution in [3.63, 3.8) is 0 Å². The van der Waals surface area contributed by atoms with E-state index in [4.69, 9.17) is 15.3 Å². The minimum absolute atomic E-state index is 0.120. The molecule has 1 rings (SSSR count). The number of aliphatic carboxylic acids is 2. The van der Waals surface area contributed by atoms with Crippen LogP contribution in [0.4, 0.5) is 0 Å². The molecule has 0 amide bonds. The largest absolute Gasteiger partial charge is 0.508 e. The van der Waals surface area contributed by atoms with Gasteiger partial charge in [-0.3, -0.25) is 14.9 Å². The summed E-state index contributed by atoms with van der Waals surface area (Å²) >= 11 is 0. The number of hydrogen-bond acceptors (Lipinski definition) is 4.